The van der Waals surface area contributed by atoms with E-state index in [1.165, 1.54) is 23.3 Å². The molecular weight excluding hydrogens is 275 g/mol. The topological polar surface area (TPSA) is 29.3 Å². The first-order valence-electron chi connectivity index (χ1n) is 7.92. The van der Waals surface area contributed by atoms with E-state index < -0.39 is 0 Å². The normalized spacial score (nSPS) is 21.9. The SMILES string of the molecule is Cc1ccc(CC2CC(N)CN(c3ccc(F)cc3)C2)cc1. The Labute approximate surface area is 131 Å². The third kappa shape index (κ3) is 3.66. The van der Waals surface area contributed by atoms with Crippen LogP contribution in [-0.4, -0.2) is 19.1 Å². The van der Waals surface area contributed by atoms with Gasteiger partial charge in [0.05, 0.1) is 0 Å². The molecule has 1 saturated heterocycles. The zero-order valence-electron chi connectivity index (χ0n) is 13.0. The van der Waals surface area contributed by atoms with Gasteiger partial charge in [-0.2, -0.15) is 0 Å². The number of rotatable bonds is 3. The van der Waals surface area contributed by atoms with Gasteiger partial charge in [0.25, 0.3) is 0 Å². The summed E-state index contributed by atoms with van der Waals surface area (Å²) in [6.07, 6.45) is 2.09. The molecule has 2 nitrogen and oxygen atoms in total. The number of aryl methyl sites for hydroxylation is 1. The molecular formula is C19H23FN2. The summed E-state index contributed by atoms with van der Waals surface area (Å²) < 4.78 is 13.1. The van der Waals surface area contributed by atoms with Crippen molar-refractivity contribution in [1.29, 1.82) is 0 Å². The van der Waals surface area contributed by atoms with Gasteiger partial charge in [-0.3, -0.25) is 0 Å². The van der Waals surface area contributed by atoms with Crippen molar-refractivity contribution in [2.75, 3.05) is 18.0 Å². The van der Waals surface area contributed by atoms with Crippen molar-refractivity contribution in [2.45, 2.75) is 25.8 Å². The number of nitrogens with zero attached hydrogens (tertiary/aromatic N) is 1. The second kappa shape index (κ2) is 6.49. The van der Waals surface area contributed by atoms with E-state index in [1.54, 1.807) is 0 Å². The van der Waals surface area contributed by atoms with Gasteiger partial charge in [-0.25, -0.2) is 4.39 Å². The van der Waals surface area contributed by atoms with Crippen LogP contribution >= 0.6 is 0 Å². The molecule has 0 radical (unpaired) electrons. The molecule has 0 spiro atoms. The third-order valence-electron chi connectivity index (χ3n) is 4.41. The lowest BCUT2D eigenvalue weighted by atomic mass is 9.88. The molecule has 0 amide bonds. The Hall–Kier alpha value is -1.87. The Morgan fingerprint density at radius 3 is 2.41 bits per heavy atom. The fraction of sp³-hybridized carbons (Fsp3) is 0.368. The van der Waals surface area contributed by atoms with Crippen LogP contribution in [-0.2, 0) is 6.42 Å². The lowest BCUT2D eigenvalue weighted by Crippen LogP contribution is -2.47. The van der Waals surface area contributed by atoms with Crippen LogP contribution in [0.1, 0.15) is 17.5 Å². The molecule has 2 N–H and O–H groups in total. The molecule has 3 rings (SSSR count). The number of piperidine rings is 1. The fourth-order valence-electron chi connectivity index (χ4n) is 3.31. The number of hydrogen-bond acceptors (Lipinski definition) is 2. The highest BCUT2D eigenvalue weighted by Crippen LogP contribution is 2.25. The van der Waals surface area contributed by atoms with Crippen LogP contribution in [0.4, 0.5) is 10.1 Å². The van der Waals surface area contributed by atoms with Crippen LogP contribution in [0.25, 0.3) is 0 Å². The molecule has 0 aliphatic carbocycles. The van der Waals surface area contributed by atoms with Gasteiger partial charge in [0.1, 0.15) is 5.82 Å². The van der Waals surface area contributed by atoms with E-state index in [2.05, 4.69) is 36.1 Å². The molecule has 3 heteroatoms. The van der Waals surface area contributed by atoms with Gasteiger partial charge in [-0.15, -0.1) is 0 Å². The summed E-state index contributed by atoms with van der Waals surface area (Å²) in [7, 11) is 0. The molecule has 1 heterocycles. The van der Waals surface area contributed by atoms with E-state index in [1.807, 2.05) is 12.1 Å². The Balaban J connectivity index is 1.70. The molecule has 1 aliphatic heterocycles. The predicted molar refractivity (Wildman–Crippen MR) is 89.6 cm³/mol. The zero-order chi connectivity index (χ0) is 15.5. The summed E-state index contributed by atoms with van der Waals surface area (Å²) in [5.74, 6) is 0.345. The average Bonchev–Trinajstić information content (AvgIpc) is 2.50. The van der Waals surface area contributed by atoms with E-state index in [-0.39, 0.29) is 11.9 Å². The molecule has 0 aromatic heterocycles. The van der Waals surface area contributed by atoms with Crippen LogP contribution in [0.15, 0.2) is 48.5 Å². The minimum Gasteiger partial charge on any atom is -0.370 e. The quantitative estimate of drug-likeness (QED) is 0.939. The Morgan fingerprint density at radius 1 is 1.05 bits per heavy atom. The van der Waals surface area contributed by atoms with Gasteiger partial charge in [0, 0.05) is 24.8 Å². The Morgan fingerprint density at radius 2 is 1.73 bits per heavy atom. The molecule has 2 atom stereocenters. The first-order chi connectivity index (χ1) is 10.6. The van der Waals surface area contributed by atoms with Gasteiger partial charge in [0.2, 0.25) is 0 Å². The number of hydrogen-bond donors (Lipinski definition) is 1. The molecule has 116 valence electrons. The standard InChI is InChI=1S/C19H23FN2/c1-14-2-4-15(5-3-14)10-16-11-18(21)13-22(12-16)19-8-6-17(20)7-9-19/h2-9,16,18H,10-13,21H2,1H3. The smallest absolute Gasteiger partial charge is 0.123 e. The van der Waals surface area contributed by atoms with Crippen LogP contribution in [0.2, 0.25) is 0 Å². The van der Waals surface area contributed by atoms with Crippen molar-refractivity contribution in [1.82, 2.24) is 0 Å². The lowest BCUT2D eigenvalue weighted by Gasteiger charge is -2.38. The molecule has 1 fully saturated rings. The summed E-state index contributed by atoms with van der Waals surface area (Å²) in [6, 6.07) is 15.6. The second-order valence-electron chi connectivity index (χ2n) is 6.43. The monoisotopic (exact) mass is 298 g/mol. The minimum atomic E-state index is -0.193. The summed E-state index contributed by atoms with van der Waals surface area (Å²) in [4.78, 5) is 2.28. The fourth-order valence-corrected chi connectivity index (χ4v) is 3.31. The Kier molecular flexibility index (Phi) is 4.44. The van der Waals surface area contributed by atoms with Gasteiger partial charge in [0.15, 0.2) is 0 Å². The third-order valence-corrected chi connectivity index (χ3v) is 4.41. The average molecular weight is 298 g/mol. The van der Waals surface area contributed by atoms with E-state index in [0.29, 0.717) is 5.92 Å². The van der Waals surface area contributed by atoms with Crippen molar-refractivity contribution in [2.24, 2.45) is 11.7 Å². The molecule has 2 aromatic carbocycles. The number of nitrogens with two attached hydrogens (primary N) is 1. The molecule has 0 saturated carbocycles. The van der Waals surface area contributed by atoms with Crippen LogP contribution in [0.5, 0.6) is 0 Å². The molecule has 0 bridgehead atoms. The Bertz CT molecular complexity index is 606. The first kappa shape index (κ1) is 15.0. The van der Waals surface area contributed by atoms with E-state index in [9.17, 15) is 4.39 Å². The molecule has 22 heavy (non-hydrogen) atoms. The summed E-state index contributed by atoms with van der Waals surface area (Å²) in [6.45, 7) is 3.93. The summed E-state index contributed by atoms with van der Waals surface area (Å²) in [5, 5.41) is 0. The van der Waals surface area contributed by atoms with Gasteiger partial charge >= 0.3 is 0 Å². The van der Waals surface area contributed by atoms with Crippen LogP contribution < -0.4 is 10.6 Å². The number of halogens is 1. The maximum atomic E-state index is 13.1. The maximum absolute atomic E-state index is 13.1. The zero-order valence-corrected chi connectivity index (χ0v) is 13.0. The van der Waals surface area contributed by atoms with Gasteiger partial charge < -0.3 is 10.6 Å². The minimum absolute atomic E-state index is 0.175. The van der Waals surface area contributed by atoms with Crippen molar-refractivity contribution in [3.63, 3.8) is 0 Å². The van der Waals surface area contributed by atoms with Crippen LogP contribution in [0.3, 0.4) is 0 Å². The van der Waals surface area contributed by atoms with Crippen molar-refractivity contribution in [3.05, 3.63) is 65.5 Å². The molecule has 2 unspecified atom stereocenters. The van der Waals surface area contributed by atoms with Crippen molar-refractivity contribution < 1.29 is 4.39 Å². The highest BCUT2D eigenvalue weighted by Gasteiger charge is 2.25. The van der Waals surface area contributed by atoms with Gasteiger partial charge in [-0.1, -0.05) is 29.8 Å². The molecule has 1 aliphatic rings. The van der Waals surface area contributed by atoms with E-state index in [0.717, 1.165) is 31.6 Å². The van der Waals surface area contributed by atoms with Gasteiger partial charge in [-0.05, 0) is 55.5 Å². The second-order valence-corrected chi connectivity index (χ2v) is 6.43. The first-order valence-corrected chi connectivity index (χ1v) is 7.92. The predicted octanol–water partition coefficient (Wildman–Crippen LogP) is 3.53. The highest BCUT2D eigenvalue weighted by atomic mass is 19.1. The van der Waals surface area contributed by atoms with E-state index in [4.69, 9.17) is 5.73 Å². The van der Waals surface area contributed by atoms with E-state index >= 15 is 0 Å². The molecule has 2 aromatic rings. The maximum Gasteiger partial charge on any atom is 0.123 e. The van der Waals surface area contributed by atoms with Crippen molar-refractivity contribution in [3.8, 4) is 0 Å². The largest absolute Gasteiger partial charge is 0.370 e. The number of benzene rings is 2. The summed E-state index contributed by atoms with van der Waals surface area (Å²) in [5.41, 5.74) is 9.96. The number of anilines is 1. The highest BCUT2D eigenvalue weighted by molar-refractivity contribution is 5.47. The lowest BCUT2D eigenvalue weighted by molar-refractivity contribution is 0.374. The van der Waals surface area contributed by atoms with Crippen LogP contribution in [0, 0.1) is 18.7 Å². The van der Waals surface area contributed by atoms with Crippen molar-refractivity contribution >= 4 is 5.69 Å². The summed E-state index contributed by atoms with van der Waals surface area (Å²) >= 11 is 0.